The van der Waals surface area contributed by atoms with Crippen molar-refractivity contribution in [3.05, 3.63) is 0 Å². The number of ether oxygens (including phenoxy) is 1. The Morgan fingerprint density at radius 1 is 1.29 bits per heavy atom. The number of likely N-dealkylation sites (tertiary alicyclic amines) is 1. The van der Waals surface area contributed by atoms with Crippen LogP contribution in [-0.4, -0.2) is 42.8 Å². The van der Waals surface area contributed by atoms with E-state index in [1.165, 1.54) is 12.8 Å². The first kappa shape index (κ1) is 10.4. The van der Waals surface area contributed by atoms with E-state index in [-0.39, 0.29) is 0 Å². The van der Waals surface area contributed by atoms with Gasteiger partial charge in [-0.2, -0.15) is 0 Å². The van der Waals surface area contributed by atoms with Gasteiger partial charge >= 0.3 is 0 Å². The van der Waals surface area contributed by atoms with E-state index in [9.17, 15) is 0 Å². The highest BCUT2D eigenvalue weighted by atomic mass is 16.5. The van der Waals surface area contributed by atoms with Crippen molar-refractivity contribution in [1.82, 2.24) is 4.90 Å². The summed E-state index contributed by atoms with van der Waals surface area (Å²) in [6.45, 7) is 7.48. The van der Waals surface area contributed by atoms with Crippen LogP contribution in [0.2, 0.25) is 0 Å². The second kappa shape index (κ2) is 4.17. The van der Waals surface area contributed by atoms with E-state index in [2.05, 4.69) is 18.7 Å². The molecule has 0 radical (unpaired) electrons. The summed E-state index contributed by atoms with van der Waals surface area (Å²) in [5.74, 6) is 0.650. The highest BCUT2D eigenvalue weighted by molar-refractivity contribution is 4.89. The fourth-order valence-corrected chi connectivity index (χ4v) is 2.76. The van der Waals surface area contributed by atoms with Crippen LogP contribution in [0.25, 0.3) is 0 Å². The number of fused-ring (bicyclic) bond motifs is 2. The van der Waals surface area contributed by atoms with Crippen LogP contribution >= 0.6 is 0 Å². The molecule has 3 atom stereocenters. The summed E-state index contributed by atoms with van der Waals surface area (Å²) in [5, 5.41) is 0. The van der Waals surface area contributed by atoms with Crippen molar-refractivity contribution >= 4 is 0 Å². The molecule has 0 saturated carbocycles. The van der Waals surface area contributed by atoms with Crippen molar-refractivity contribution in [3.8, 4) is 0 Å². The molecule has 2 aliphatic heterocycles. The first-order valence-electron chi connectivity index (χ1n) is 5.80. The van der Waals surface area contributed by atoms with Gasteiger partial charge in [0.25, 0.3) is 0 Å². The summed E-state index contributed by atoms with van der Waals surface area (Å²) >= 11 is 0. The van der Waals surface area contributed by atoms with Crippen LogP contribution in [0.1, 0.15) is 26.7 Å². The molecule has 3 heteroatoms. The molecule has 0 spiro atoms. The van der Waals surface area contributed by atoms with Gasteiger partial charge in [0, 0.05) is 25.7 Å². The molecule has 2 aliphatic rings. The minimum atomic E-state index is 0.488. The maximum atomic E-state index is 5.83. The van der Waals surface area contributed by atoms with Gasteiger partial charge in [-0.3, -0.25) is 4.90 Å². The van der Waals surface area contributed by atoms with Gasteiger partial charge in [-0.25, -0.2) is 0 Å². The van der Waals surface area contributed by atoms with E-state index >= 15 is 0 Å². The lowest BCUT2D eigenvalue weighted by Crippen LogP contribution is -2.52. The van der Waals surface area contributed by atoms with Crippen LogP contribution in [0.15, 0.2) is 0 Å². The standard InChI is InChI=1S/C11H22N2O/c1-8(2)11(5-12)13-6-9-3-4-10(7-13)14-9/h8-11H,3-7,12H2,1-2H3. The molecule has 2 bridgehead atoms. The minimum absolute atomic E-state index is 0.488. The third kappa shape index (κ3) is 1.95. The molecular formula is C11H22N2O. The summed E-state index contributed by atoms with van der Waals surface area (Å²) in [5.41, 5.74) is 5.83. The van der Waals surface area contributed by atoms with E-state index in [4.69, 9.17) is 10.5 Å². The highest BCUT2D eigenvalue weighted by Gasteiger charge is 2.36. The molecule has 2 heterocycles. The van der Waals surface area contributed by atoms with Gasteiger partial charge < -0.3 is 10.5 Å². The number of hydrogen-bond donors (Lipinski definition) is 1. The number of morpholine rings is 1. The summed E-state index contributed by atoms with van der Waals surface area (Å²) < 4.78 is 5.82. The average molecular weight is 198 g/mol. The van der Waals surface area contributed by atoms with Crippen molar-refractivity contribution in [1.29, 1.82) is 0 Å². The number of rotatable bonds is 3. The third-order valence-electron chi connectivity index (χ3n) is 3.55. The van der Waals surface area contributed by atoms with Crippen LogP contribution in [0.4, 0.5) is 0 Å². The third-order valence-corrected chi connectivity index (χ3v) is 3.55. The van der Waals surface area contributed by atoms with Crippen molar-refractivity contribution < 1.29 is 4.74 Å². The van der Waals surface area contributed by atoms with Crippen molar-refractivity contribution in [2.75, 3.05) is 19.6 Å². The first-order chi connectivity index (χ1) is 6.70. The summed E-state index contributed by atoms with van der Waals surface area (Å²) in [7, 11) is 0. The van der Waals surface area contributed by atoms with Gasteiger partial charge in [0.05, 0.1) is 12.2 Å². The Kier molecular flexibility index (Phi) is 3.10. The van der Waals surface area contributed by atoms with Gasteiger partial charge in [0.1, 0.15) is 0 Å². The van der Waals surface area contributed by atoms with E-state index in [1.807, 2.05) is 0 Å². The van der Waals surface area contributed by atoms with Crippen molar-refractivity contribution in [2.45, 2.75) is 44.9 Å². The quantitative estimate of drug-likeness (QED) is 0.730. The van der Waals surface area contributed by atoms with Crippen LogP contribution in [0, 0.1) is 5.92 Å². The van der Waals surface area contributed by atoms with Crippen LogP contribution in [-0.2, 0) is 4.74 Å². The number of nitrogens with zero attached hydrogens (tertiary/aromatic N) is 1. The Morgan fingerprint density at radius 2 is 1.86 bits per heavy atom. The zero-order chi connectivity index (χ0) is 10.1. The molecule has 2 saturated heterocycles. The molecule has 3 nitrogen and oxygen atoms in total. The first-order valence-corrected chi connectivity index (χ1v) is 5.80. The molecule has 3 unspecified atom stereocenters. The topological polar surface area (TPSA) is 38.5 Å². The Bertz CT molecular complexity index is 184. The molecule has 0 aromatic rings. The molecule has 2 rings (SSSR count). The molecule has 82 valence electrons. The Hall–Kier alpha value is -0.120. The van der Waals surface area contributed by atoms with Crippen molar-refractivity contribution in [3.63, 3.8) is 0 Å². The zero-order valence-corrected chi connectivity index (χ0v) is 9.28. The number of nitrogens with two attached hydrogens (primary N) is 1. The molecule has 0 amide bonds. The van der Waals surface area contributed by atoms with E-state index in [0.717, 1.165) is 19.6 Å². The maximum Gasteiger partial charge on any atom is 0.0707 e. The Balaban J connectivity index is 1.97. The van der Waals surface area contributed by atoms with Crippen LogP contribution < -0.4 is 5.73 Å². The van der Waals surface area contributed by atoms with Gasteiger partial charge in [-0.05, 0) is 18.8 Å². The Morgan fingerprint density at radius 3 is 2.29 bits per heavy atom. The van der Waals surface area contributed by atoms with Gasteiger partial charge in [-0.1, -0.05) is 13.8 Å². The van der Waals surface area contributed by atoms with Gasteiger partial charge in [0.2, 0.25) is 0 Å². The fraction of sp³-hybridized carbons (Fsp3) is 1.00. The zero-order valence-electron chi connectivity index (χ0n) is 9.28. The number of hydrogen-bond acceptors (Lipinski definition) is 3. The van der Waals surface area contributed by atoms with E-state index < -0.39 is 0 Å². The smallest absolute Gasteiger partial charge is 0.0707 e. The second-order valence-corrected chi connectivity index (χ2v) is 4.96. The summed E-state index contributed by atoms with van der Waals surface area (Å²) in [6, 6.07) is 0.544. The van der Waals surface area contributed by atoms with Crippen molar-refractivity contribution in [2.24, 2.45) is 11.7 Å². The Labute approximate surface area is 86.6 Å². The molecular weight excluding hydrogens is 176 g/mol. The predicted molar refractivity (Wildman–Crippen MR) is 57.1 cm³/mol. The van der Waals surface area contributed by atoms with Crippen LogP contribution in [0.3, 0.4) is 0 Å². The minimum Gasteiger partial charge on any atom is -0.372 e. The molecule has 2 fully saturated rings. The van der Waals surface area contributed by atoms with E-state index in [1.54, 1.807) is 0 Å². The lowest BCUT2D eigenvalue weighted by molar-refractivity contribution is -0.0574. The SMILES string of the molecule is CC(C)C(CN)N1CC2CCC(C1)O2. The normalized spacial score (nSPS) is 35.1. The lowest BCUT2D eigenvalue weighted by atomic mass is 10.0. The maximum absolute atomic E-state index is 5.83. The fourth-order valence-electron chi connectivity index (χ4n) is 2.76. The molecule has 0 aromatic heterocycles. The molecule has 0 aliphatic carbocycles. The van der Waals surface area contributed by atoms with Crippen LogP contribution in [0.5, 0.6) is 0 Å². The molecule has 0 aromatic carbocycles. The largest absolute Gasteiger partial charge is 0.372 e. The summed E-state index contributed by atoms with van der Waals surface area (Å²) in [4.78, 5) is 2.54. The highest BCUT2D eigenvalue weighted by Crippen LogP contribution is 2.28. The second-order valence-electron chi connectivity index (χ2n) is 4.96. The monoisotopic (exact) mass is 198 g/mol. The average Bonchev–Trinajstić information content (AvgIpc) is 2.46. The lowest BCUT2D eigenvalue weighted by Gasteiger charge is -2.39. The van der Waals surface area contributed by atoms with E-state index in [0.29, 0.717) is 24.2 Å². The molecule has 2 N–H and O–H groups in total. The molecule has 14 heavy (non-hydrogen) atoms. The predicted octanol–water partition coefficient (Wildman–Crippen LogP) is 0.833. The van der Waals surface area contributed by atoms with Gasteiger partial charge in [-0.15, -0.1) is 0 Å². The van der Waals surface area contributed by atoms with Gasteiger partial charge in [0.15, 0.2) is 0 Å². The summed E-state index contributed by atoms with van der Waals surface area (Å²) in [6.07, 6.45) is 3.47.